The van der Waals surface area contributed by atoms with Crippen LogP contribution in [0.2, 0.25) is 0 Å². The Labute approximate surface area is 93.4 Å². The molecule has 0 aromatic heterocycles. The maximum atomic E-state index is 11.7. The van der Waals surface area contributed by atoms with Crippen molar-refractivity contribution in [3.63, 3.8) is 0 Å². The topological polar surface area (TPSA) is 52.7 Å². The molecule has 2 heterocycles. The lowest BCUT2D eigenvalue weighted by atomic mass is 10.1. The summed E-state index contributed by atoms with van der Waals surface area (Å²) in [5.41, 5.74) is 0. The third-order valence-electron chi connectivity index (χ3n) is 2.79. The number of nitrogens with one attached hydrogen (secondary N) is 1. The molecule has 0 radical (unpaired) electrons. The number of fused-ring (bicyclic) bond motifs is 1. The number of carbonyl (C=O) groups is 2. The maximum Gasteiger partial charge on any atom is 0.243 e. The molecule has 0 aliphatic carbocycles. The van der Waals surface area contributed by atoms with Gasteiger partial charge in [-0.2, -0.15) is 0 Å². The molecule has 0 aromatic carbocycles. The predicted molar refractivity (Wildman–Crippen MR) is 58.1 cm³/mol. The Kier molecular flexibility index (Phi) is 2.60. The van der Waals surface area contributed by atoms with Crippen LogP contribution in [-0.2, 0) is 9.59 Å². The quantitative estimate of drug-likeness (QED) is 0.603. The molecule has 82 valence electrons. The van der Waals surface area contributed by atoms with Gasteiger partial charge in [-0.25, -0.2) is 0 Å². The summed E-state index contributed by atoms with van der Waals surface area (Å²) in [6.07, 6.45) is 0.236. The molecule has 2 aliphatic rings. The van der Waals surface area contributed by atoms with E-state index in [0.29, 0.717) is 24.7 Å². The molecule has 1 N–H and O–H groups in total. The van der Waals surface area contributed by atoms with E-state index in [0.717, 1.165) is 0 Å². The molecular formula is C9H13N3O2S. The van der Waals surface area contributed by atoms with Crippen molar-refractivity contribution >= 4 is 29.1 Å². The van der Waals surface area contributed by atoms with Crippen molar-refractivity contribution < 1.29 is 9.59 Å². The second-order valence-corrected chi connectivity index (χ2v) is 3.99. The van der Waals surface area contributed by atoms with Gasteiger partial charge in [-0.3, -0.25) is 14.5 Å². The predicted octanol–water partition coefficient (Wildman–Crippen LogP) is -0.676. The Hall–Kier alpha value is -1.17. The first-order valence-electron chi connectivity index (χ1n) is 5.03. The van der Waals surface area contributed by atoms with Crippen molar-refractivity contribution in [1.82, 2.24) is 15.1 Å². The first-order valence-corrected chi connectivity index (χ1v) is 5.44. The molecule has 2 fully saturated rings. The van der Waals surface area contributed by atoms with Crippen molar-refractivity contribution in [2.45, 2.75) is 19.4 Å². The van der Waals surface area contributed by atoms with Crippen LogP contribution in [0.5, 0.6) is 0 Å². The highest BCUT2D eigenvalue weighted by molar-refractivity contribution is 7.80. The summed E-state index contributed by atoms with van der Waals surface area (Å²) in [6, 6.07) is -0.387. The van der Waals surface area contributed by atoms with E-state index in [1.165, 1.54) is 0 Å². The van der Waals surface area contributed by atoms with E-state index in [1.54, 1.807) is 4.90 Å². The second kappa shape index (κ2) is 3.77. The van der Waals surface area contributed by atoms with Crippen LogP contribution in [0.3, 0.4) is 0 Å². The normalized spacial score (nSPS) is 26.5. The zero-order valence-electron chi connectivity index (χ0n) is 8.52. The zero-order valence-corrected chi connectivity index (χ0v) is 9.34. The molecule has 2 rings (SSSR count). The minimum absolute atomic E-state index is 0.0548. The van der Waals surface area contributed by atoms with Crippen LogP contribution < -0.4 is 5.32 Å². The van der Waals surface area contributed by atoms with Crippen LogP contribution >= 0.6 is 12.2 Å². The van der Waals surface area contributed by atoms with Crippen molar-refractivity contribution in [2.24, 2.45) is 0 Å². The summed E-state index contributed by atoms with van der Waals surface area (Å²) in [5.74, 6) is -0.145. The molecular weight excluding hydrogens is 214 g/mol. The van der Waals surface area contributed by atoms with Gasteiger partial charge in [-0.15, -0.1) is 0 Å². The number of hydrogen-bond donors (Lipinski definition) is 1. The van der Waals surface area contributed by atoms with Crippen molar-refractivity contribution in [3.05, 3.63) is 0 Å². The fourth-order valence-corrected chi connectivity index (χ4v) is 2.44. The van der Waals surface area contributed by atoms with Gasteiger partial charge in [0.1, 0.15) is 6.04 Å². The first kappa shape index (κ1) is 10.4. The summed E-state index contributed by atoms with van der Waals surface area (Å²) in [4.78, 5) is 26.6. The first-order chi connectivity index (χ1) is 7.15. The average Bonchev–Trinajstić information content (AvgIpc) is 2.20. The molecule has 15 heavy (non-hydrogen) atoms. The highest BCUT2D eigenvalue weighted by Crippen LogP contribution is 2.19. The lowest BCUT2D eigenvalue weighted by molar-refractivity contribution is -0.138. The third kappa shape index (κ3) is 1.58. The molecule has 2 saturated heterocycles. The lowest BCUT2D eigenvalue weighted by Crippen LogP contribution is -2.65. The molecule has 6 heteroatoms. The Morgan fingerprint density at radius 3 is 2.93 bits per heavy atom. The van der Waals surface area contributed by atoms with Crippen LogP contribution in [0.1, 0.15) is 13.3 Å². The molecule has 0 bridgehead atoms. The summed E-state index contributed by atoms with van der Waals surface area (Å²) in [5, 5.41) is 3.24. The molecule has 2 aliphatic heterocycles. The number of rotatable bonds is 1. The minimum atomic E-state index is -0.387. The monoisotopic (exact) mass is 227 g/mol. The van der Waals surface area contributed by atoms with Gasteiger partial charge in [0.05, 0.1) is 6.42 Å². The van der Waals surface area contributed by atoms with E-state index in [-0.39, 0.29) is 24.3 Å². The Balaban J connectivity index is 2.24. The Morgan fingerprint density at radius 1 is 1.53 bits per heavy atom. The summed E-state index contributed by atoms with van der Waals surface area (Å²) < 4.78 is 0. The fourth-order valence-electron chi connectivity index (χ4n) is 2.00. The largest absolute Gasteiger partial charge is 0.353 e. The number of amides is 2. The van der Waals surface area contributed by atoms with Gasteiger partial charge in [0.2, 0.25) is 11.8 Å². The van der Waals surface area contributed by atoms with Crippen molar-refractivity contribution in [3.8, 4) is 0 Å². The number of piperazine rings is 1. The van der Waals surface area contributed by atoms with E-state index in [4.69, 9.17) is 12.2 Å². The van der Waals surface area contributed by atoms with Crippen LogP contribution in [-0.4, -0.2) is 52.4 Å². The smallest absolute Gasteiger partial charge is 0.243 e. The molecule has 5 nitrogen and oxygen atoms in total. The third-order valence-corrected chi connectivity index (χ3v) is 3.25. The van der Waals surface area contributed by atoms with Crippen molar-refractivity contribution in [2.75, 3.05) is 19.6 Å². The van der Waals surface area contributed by atoms with Gasteiger partial charge in [0, 0.05) is 19.6 Å². The zero-order chi connectivity index (χ0) is 11.0. The summed E-state index contributed by atoms with van der Waals surface area (Å²) in [7, 11) is 0. The Morgan fingerprint density at radius 2 is 2.27 bits per heavy atom. The molecule has 2 amide bonds. The average molecular weight is 227 g/mol. The molecule has 1 atom stereocenters. The van der Waals surface area contributed by atoms with Crippen LogP contribution in [0.4, 0.5) is 0 Å². The van der Waals surface area contributed by atoms with Gasteiger partial charge in [-0.1, -0.05) is 0 Å². The van der Waals surface area contributed by atoms with E-state index in [1.807, 2.05) is 11.8 Å². The van der Waals surface area contributed by atoms with E-state index >= 15 is 0 Å². The summed E-state index contributed by atoms with van der Waals surface area (Å²) >= 11 is 5.21. The van der Waals surface area contributed by atoms with Gasteiger partial charge < -0.3 is 10.2 Å². The standard InChI is InChI=1S/C9H13N3O2S/c1-2-11-7(13)5-6-8(14)10-3-4-12(6)9(11)15/h6H,2-5H2,1H3,(H,10,14)/t6-/m0/s1. The van der Waals surface area contributed by atoms with Crippen molar-refractivity contribution in [1.29, 1.82) is 0 Å². The molecule has 0 saturated carbocycles. The highest BCUT2D eigenvalue weighted by atomic mass is 32.1. The molecule has 0 aromatic rings. The van der Waals surface area contributed by atoms with E-state index < -0.39 is 0 Å². The van der Waals surface area contributed by atoms with Crippen LogP contribution in [0, 0.1) is 0 Å². The van der Waals surface area contributed by atoms with Crippen LogP contribution in [0.25, 0.3) is 0 Å². The molecule has 0 spiro atoms. The fraction of sp³-hybridized carbons (Fsp3) is 0.667. The van der Waals surface area contributed by atoms with Gasteiger partial charge in [-0.05, 0) is 19.1 Å². The van der Waals surface area contributed by atoms with E-state index in [2.05, 4.69) is 5.32 Å². The van der Waals surface area contributed by atoms with E-state index in [9.17, 15) is 9.59 Å². The second-order valence-electron chi connectivity index (χ2n) is 3.62. The summed E-state index contributed by atoms with van der Waals surface area (Å²) in [6.45, 7) is 3.75. The van der Waals surface area contributed by atoms with Gasteiger partial charge in [0.15, 0.2) is 5.11 Å². The van der Waals surface area contributed by atoms with Gasteiger partial charge >= 0.3 is 0 Å². The molecule has 0 unspecified atom stereocenters. The number of thiocarbonyl (C=S) groups is 1. The lowest BCUT2D eigenvalue weighted by Gasteiger charge is -2.43. The van der Waals surface area contributed by atoms with Gasteiger partial charge in [0.25, 0.3) is 0 Å². The highest BCUT2D eigenvalue weighted by Gasteiger charge is 2.40. The SMILES string of the molecule is CCN1C(=O)C[C@H]2C(=O)NCCN2C1=S. The maximum absolute atomic E-state index is 11.7. The number of nitrogens with zero attached hydrogens (tertiary/aromatic N) is 2. The minimum Gasteiger partial charge on any atom is -0.353 e. The number of carbonyl (C=O) groups excluding carboxylic acids is 2. The Bertz CT molecular complexity index is 331. The number of hydrogen-bond acceptors (Lipinski definition) is 3. The van der Waals surface area contributed by atoms with Crippen LogP contribution in [0.15, 0.2) is 0 Å².